The van der Waals surface area contributed by atoms with Crippen molar-refractivity contribution in [1.82, 2.24) is 15.1 Å². The van der Waals surface area contributed by atoms with Crippen LogP contribution in [0.4, 0.5) is 0 Å². The zero-order valence-electron chi connectivity index (χ0n) is 13.3. The first-order valence-corrected chi connectivity index (χ1v) is 8.29. The SMILES string of the molecule is Cc1noc(C)c1-c1cc(C2CCO2)c2nc(C3CC3)[nH]c2c1. The number of aromatic amines is 1. The molecule has 5 nitrogen and oxygen atoms in total. The molecular formula is C18H19N3O2. The Hall–Kier alpha value is -2.14. The van der Waals surface area contributed by atoms with Crippen LogP contribution >= 0.6 is 0 Å². The van der Waals surface area contributed by atoms with Crippen molar-refractivity contribution in [3.63, 3.8) is 0 Å². The fourth-order valence-corrected chi connectivity index (χ4v) is 3.48. The topological polar surface area (TPSA) is 63.9 Å². The highest BCUT2D eigenvalue weighted by atomic mass is 16.5. The summed E-state index contributed by atoms with van der Waals surface area (Å²) in [5.41, 5.74) is 6.47. The molecule has 0 spiro atoms. The number of nitrogens with one attached hydrogen (secondary N) is 1. The lowest BCUT2D eigenvalue weighted by atomic mass is 9.95. The Morgan fingerprint density at radius 1 is 1.17 bits per heavy atom. The first kappa shape index (κ1) is 13.3. The molecule has 2 aromatic heterocycles. The molecule has 1 aliphatic carbocycles. The van der Waals surface area contributed by atoms with Gasteiger partial charge >= 0.3 is 0 Å². The van der Waals surface area contributed by atoms with Gasteiger partial charge in [0.05, 0.1) is 29.4 Å². The van der Waals surface area contributed by atoms with Crippen LogP contribution in [-0.2, 0) is 4.74 Å². The molecule has 3 aromatic rings. The number of hydrogen-bond donors (Lipinski definition) is 1. The number of fused-ring (bicyclic) bond motifs is 1. The van der Waals surface area contributed by atoms with Gasteiger partial charge < -0.3 is 14.2 Å². The Morgan fingerprint density at radius 2 is 2.00 bits per heavy atom. The van der Waals surface area contributed by atoms with E-state index in [9.17, 15) is 0 Å². The quantitative estimate of drug-likeness (QED) is 0.788. The molecule has 1 unspecified atom stereocenters. The van der Waals surface area contributed by atoms with Crippen molar-refractivity contribution in [3.05, 3.63) is 35.0 Å². The molecule has 1 aromatic carbocycles. The van der Waals surface area contributed by atoms with Gasteiger partial charge in [0.2, 0.25) is 0 Å². The van der Waals surface area contributed by atoms with Crippen LogP contribution in [0.15, 0.2) is 16.7 Å². The maximum Gasteiger partial charge on any atom is 0.141 e. The van der Waals surface area contributed by atoms with E-state index in [1.807, 2.05) is 13.8 Å². The van der Waals surface area contributed by atoms with Crippen molar-refractivity contribution in [3.8, 4) is 11.1 Å². The summed E-state index contributed by atoms with van der Waals surface area (Å²) in [4.78, 5) is 8.39. The summed E-state index contributed by atoms with van der Waals surface area (Å²) in [5.74, 6) is 2.58. The van der Waals surface area contributed by atoms with Crippen LogP contribution in [-0.4, -0.2) is 21.7 Å². The van der Waals surface area contributed by atoms with E-state index in [-0.39, 0.29) is 6.10 Å². The average molecular weight is 309 g/mol. The third kappa shape index (κ3) is 2.03. The second kappa shape index (κ2) is 4.68. The smallest absolute Gasteiger partial charge is 0.141 e. The molecule has 1 saturated carbocycles. The zero-order valence-corrected chi connectivity index (χ0v) is 13.3. The highest BCUT2D eigenvalue weighted by molar-refractivity contribution is 5.86. The number of aromatic nitrogens is 3. The number of nitrogens with zero attached hydrogens (tertiary/aromatic N) is 2. The summed E-state index contributed by atoms with van der Waals surface area (Å²) in [6.45, 7) is 4.78. The summed E-state index contributed by atoms with van der Waals surface area (Å²) < 4.78 is 11.1. The number of ether oxygens (including phenoxy) is 1. The largest absolute Gasteiger partial charge is 0.373 e. The Morgan fingerprint density at radius 3 is 2.61 bits per heavy atom. The predicted octanol–water partition coefficient (Wildman–Crippen LogP) is 4.17. The molecule has 2 fully saturated rings. The number of imidazole rings is 1. The Kier molecular flexibility index (Phi) is 2.71. The third-order valence-corrected chi connectivity index (χ3v) is 4.97. The molecule has 1 saturated heterocycles. The van der Waals surface area contributed by atoms with Gasteiger partial charge in [0, 0.05) is 23.5 Å². The fourth-order valence-electron chi connectivity index (χ4n) is 3.48. The number of rotatable bonds is 3. The average Bonchev–Trinajstić information content (AvgIpc) is 3.15. The number of hydrogen-bond acceptors (Lipinski definition) is 4. The van der Waals surface area contributed by atoms with E-state index < -0.39 is 0 Å². The van der Waals surface area contributed by atoms with Gasteiger partial charge in [-0.1, -0.05) is 5.16 Å². The molecule has 118 valence electrons. The van der Waals surface area contributed by atoms with Gasteiger partial charge in [-0.2, -0.15) is 0 Å². The van der Waals surface area contributed by atoms with Crippen molar-refractivity contribution >= 4 is 11.0 Å². The molecule has 1 N–H and O–H groups in total. The second-order valence-corrected chi connectivity index (χ2v) is 6.71. The molecule has 3 heterocycles. The van der Waals surface area contributed by atoms with Crippen molar-refractivity contribution in [1.29, 1.82) is 0 Å². The first-order valence-electron chi connectivity index (χ1n) is 8.29. The third-order valence-electron chi connectivity index (χ3n) is 4.97. The van der Waals surface area contributed by atoms with Crippen molar-refractivity contribution in [2.24, 2.45) is 0 Å². The lowest BCUT2D eigenvalue weighted by molar-refractivity contribution is -0.0518. The number of aryl methyl sites for hydroxylation is 2. The molecule has 0 bridgehead atoms. The molecule has 1 aliphatic heterocycles. The molecule has 0 amide bonds. The van der Waals surface area contributed by atoms with Gasteiger partial charge in [-0.25, -0.2) is 4.98 Å². The van der Waals surface area contributed by atoms with Gasteiger partial charge in [0.25, 0.3) is 0 Å². The van der Waals surface area contributed by atoms with E-state index in [0.29, 0.717) is 5.92 Å². The van der Waals surface area contributed by atoms with Crippen molar-refractivity contribution in [2.45, 2.75) is 45.1 Å². The summed E-state index contributed by atoms with van der Waals surface area (Å²) in [6.07, 6.45) is 3.71. The molecule has 2 aliphatic rings. The van der Waals surface area contributed by atoms with Gasteiger partial charge in [0.15, 0.2) is 0 Å². The van der Waals surface area contributed by atoms with Gasteiger partial charge in [-0.15, -0.1) is 0 Å². The number of benzene rings is 1. The standard InChI is InChI=1S/C18H19N3O2/c1-9-16(10(2)23-21-9)12-7-13(15-5-6-22-15)17-14(8-12)19-18(20-17)11-3-4-11/h7-8,11,15H,3-6H2,1-2H3,(H,19,20). The van der Waals surface area contributed by atoms with Gasteiger partial charge in [0.1, 0.15) is 11.6 Å². The Labute approximate surface area is 134 Å². The van der Waals surface area contributed by atoms with Crippen LogP contribution in [0.5, 0.6) is 0 Å². The molecular weight excluding hydrogens is 290 g/mol. The van der Waals surface area contributed by atoms with Crippen LogP contribution in [0.1, 0.15) is 54.1 Å². The monoisotopic (exact) mass is 309 g/mol. The van der Waals surface area contributed by atoms with Crippen LogP contribution in [0.3, 0.4) is 0 Å². The van der Waals surface area contributed by atoms with E-state index in [4.69, 9.17) is 14.2 Å². The minimum absolute atomic E-state index is 0.160. The highest BCUT2D eigenvalue weighted by Crippen LogP contribution is 2.42. The maximum atomic E-state index is 5.75. The fraction of sp³-hybridized carbons (Fsp3) is 0.444. The lowest BCUT2D eigenvalue weighted by Gasteiger charge is -2.27. The summed E-state index contributed by atoms with van der Waals surface area (Å²) in [5, 5.41) is 4.09. The van der Waals surface area contributed by atoms with Crippen LogP contribution in [0.2, 0.25) is 0 Å². The van der Waals surface area contributed by atoms with Crippen molar-refractivity contribution < 1.29 is 9.26 Å². The van der Waals surface area contributed by atoms with Crippen LogP contribution < -0.4 is 0 Å². The molecule has 5 rings (SSSR count). The van der Waals surface area contributed by atoms with E-state index in [0.717, 1.165) is 52.5 Å². The molecule has 5 heteroatoms. The number of H-pyrrole nitrogens is 1. The lowest BCUT2D eigenvalue weighted by Crippen LogP contribution is -2.18. The van der Waals surface area contributed by atoms with E-state index in [2.05, 4.69) is 22.3 Å². The van der Waals surface area contributed by atoms with Crippen LogP contribution in [0.25, 0.3) is 22.2 Å². The minimum Gasteiger partial charge on any atom is -0.373 e. The Bertz CT molecular complexity index is 881. The van der Waals surface area contributed by atoms with E-state index in [1.54, 1.807) is 0 Å². The van der Waals surface area contributed by atoms with E-state index >= 15 is 0 Å². The van der Waals surface area contributed by atoms with E-state index in [1.165, 1.54) is 18.4 Å². The second-order valence-electron chi connectivity index (χ2n) is 6.71. The Balaban J connectivity index is 1.74. The van der Waals surface area contributed by atoms with Crippen LogP contribution in [0, 0.1) is 13.8 Å². The van der Waals surface area contributed by atoms with Crippen molar-refractivity contribution in [2.75, 3.05) is 6.61 Å². The minimum atomic E-state index is 0.160. The molecule has 0 radical (unpaired) electrons. The first-order chi connectivity index (χ1) is 11.2. The van der Waals surface area contributed by atoms with Gasteiger partial charge in [-0.3, -0.25) is 0 Å². The normalized spacial score (nSPS) is 20.9. The molecule has 1 atom stereocenters. The maximum absolute atomic E-state index is 5.75. The summed E-state index contributed by atoms with van der Waals surface area (Å²) in [7, 11) is 0. The summed E-state index contributed by atoms with van der Waals surface area (Å²) >= 11 is 0. The summed E-state index contributed by atoms with van der Waals surface area (Å²) in [6, 6.07) is 4.37. The predicted molar refractivity (Wildman–Crippen MR) is 86.3 cm³/mol. The molecule has 23 heavy (non-hydrogen) atoms. The highest BCUT2D eigenvalue weighted by Gasteiger charge is 2.30. The van der Waals surface area contributed by atoms with Gasteiger partial charge in [-0.05, 0) is 44.4 Å². The zero-order chi connectivity index (χ0) is 15.6.